The van der Waals surface area contributed by atoms with E-state index in [9.17, 15) is 9.18 Å². The van der Waals surface area contributed by atoms with Gasteiger partial charge in [0.25, 0.3) is 5.91 Å². The summed E-state index contributed by atoms with van der Waals surface area (Å²) < 4.78 is 18.8. The highest BCUT2D eigenvalue weighted by atomic mass is 79.9. The highest BCUT2D eigenvalue weighted by Gasteiger charge is 2.28. The van der Waals surface area contributed by atoms with Crippen molar-refractivity contribution < 1.29 is 13.7 Å². The van der Waals surface area contributed by atoms with Crippen LogP contribution >= 0.6 is 15.9 Å². The number of anilines is 1. The third-order valence-corrected chi connectivity index (χ3v) is 3.25. The molecule has 1 N–H and O–H groups in total. The molecular weight excluding hydrogens is 317 g/mol. The van der Waals surface area contributed by atoms with Gasteiger partial charge in [-0.1, -0.05) is 5.16 Å². The molecule has 2 aromatic rings. The van der Waals surface area contributed by atoms with E-state index in [1.54, 1.807) is 6.07 Å². The fraction of sp³-hybridized carbons (Fsp3) is 0.250. The first kappa shape index (κ1) is 12.3. The summed E-state index contributed by atoms with van der Waals surface area (Å²) in [6.45, 7) is 0. The molecule has 0 spiro atoms. The second kappa shape index (κ2) is 4.73. The van der Waals surface area contributed by atoms with Gasteiger partial charge in [-0.05, 0) is 34.8 Å². The van der Waals surface area contributed by atoms with Crippen LogP contribution in [0.2, 0.25) is 0 Å². The minimum atomic E-state index is -0.613. The summed E-state index contributed by atoms with van der Waals surface area (Å²) in [6, 6.07) is 2.98. The van der Waals surface area contributed by atoms with Gasteiger partial charge in [-0.15, -0.1) is 0 Å². The van der Waals surface area contributed by atoms with Crippen LogP contribution in [-0.2, 0) is 0 Å². The number of hydrogen-bond donors (Lipinski definition) is 1. The zero-order valence-corrected chi connectivity index (χ0v) is 11.3. The average molecular weight is 326 g/mol. The Morgan fingerprint density at radius 3 is 3.00 bits per heavy atom. The number of carbonyl (C=O) groups excluding carboxylic acids is 1. The molecule has 1 saturated carbocycles. The van der Waals surface area contributed by atoms with E-state index in [2.05, 4.69) is 31.4 Å². The van der Waals surface area contributed by atoms with Crippen molar-refractivity contribution in [2.24, 2.45) is 0 Å². The van der Waals surface area contributed by atoms with E-state index in [0.29, 0.717) is 10.5 Å². The Kier molecular flexibility index (Phi) is 3.06. The molecule has 1 fully saturated rings. The number of nitrogens with zero attached hydrogens (tertiary/aromatic N) is 2. The predicted octanol–water partition coefficient (Wildman–Crippen LogP) is 3.10. The summed E-state index contributed by atoms with van der Waals surface area (Å²) in [7, 11) is 0. The molecule has 1 aliphatic carbocycles. The molecule has 3 rings (SSSR count). The Balaban J connectivity index is 1.77. The minimum Gasteiger partial charge on any atom is -0.351 e. The Bertz CT molecular complexity index is 640. The molecule has 0 aromatic carbocycles. The lowest BCUT2D eigenvalue weighted by molar-refractivity contribution is 0.0987. The number of pyridine rings is 1. The fourth-order valence-corrected chi connectivity index (χ4v) is 1.99. The van der Waals surface area contributed by atoms with Crippen molar-refractivity contribution in [3.8, 4) is 0 Å². The maximum atomic E-state index is 13.4. The lowest BCUT2D eigenvalue weighted by Gasteiger charge is -2.03. The zero-order valence-electron chi connectivity index (χ0n) is 9.69. The van der Waals surface area contributed by atoms with Gasteiger partial charge in [0, 0.05) is 12.0 Å². The molecule has 0 radical (unpaired) electrons. The molecule has 7 heteroatoms. The van der Waals surface area contributed by atoms with Crippen LogP contribution in [0, 0.1) is 5.82 Å². The van der Waals surface area contributed by atoms with Crippen molar-refractivity contribution >= 4 is 27.5 Å². The molecule has 2 heterocycles. The van der Waals surface area contributed by atoms with Crippen LogP contribution in [0.4, 0.5) is 10.1 Å². The van der Waals surface area contributed by atoms with Crippen molar-refractivity contribution in [1.82, 2.24) is 10.1 Å². The first-order chi connectivity index (χ1) is 9.13. The molecule has 0 atom stereocenters. The van der Waals surface area contributed by atoms with Gasteiger partial charge in [-0.3, -0.25) is 4.79 Å². The van der Waals surface area contributed by atoms with Gasteiger partial charge >= 0.3 is 0 Å². The molecule has 1 aliphatic rings. The summed E-state index contributed by atoms with van der Waals surface area (Å²) in [5, 5.41) is 6.25. The summed E-state index contributed by atoms with van der Waals surface area (Å²) in [5.74, 6) is -0.666. The number of aromatic nitrogens is 2. The Morgan fingerprint density at radius 2 is 2.26 bits per heavy atom. The van der Waals surface area contributed by atoms with Crippen LogP contribution in [0.15, 0.2) is 27.5 Å². The highest BCUT2D eigenvalue weighted by molar-refractivity contribution is 9.10. The van der Waals surface area contributed by atoms with Crippen molar-refractivity contribution in [3.05, 3.63) is 40.2 Å². The van der Waals surface area contributed by atoms with Crippen LogP contribution in [0.5, 0.6) is 0 Å². The monoisotopic (exact) mass is 325 g/mol. The maximum absolute atomic E-state index is 13.4. The second-order valence-electron chi connectivity index (χ2n) is 4.33. The fourth-order valence-electron chi connectivity index (χ4n) is 1.66. The van der Waals surface area contributed by atoms with Gasteiger partial charge in [-0.2, -0.15) is 0 Å². The smallest absolute Gasteiger partial charge is 0.294 e. The van der Waals surface area contributed by atoms with Crippen molar-refractivity contribution in [2.75, 3.05) is 5.32 Å². The number of amides is 1. The number of nitrogens with one attached hydrogen (secondary N) is 1. The number of hydrogen-bond acceptors (Lipinski definition) is 4. The number of halogens is 2. The summed E-state index contributed by atoms with van der Waals surface area (Å²) in [6.07, 6.45) is 3.16. The summed E-state index contributed by atoms with van der Waals surface area (Å²) in [5.41, 5.74) is 0.817. The van der Waals surface area contributed by atoms with Gasteiger partial charge in [0.05, 0.1) is 17.6 Å². The number of carbonyl (C=O) groups is 1. The molecule has 5 nitrogen and oxygen atoms in total. The molecule has 2 aromatic heterocycles. The van der Waals surface area contributed by atoms with Crippen molar-refractivity contribution in [2.45, 2.75) is 18.8 Å². The van der Waals surface area contributed by atoms with Crippen LogP contribution in [0.1, 0.15) is 35.0 Å². The predicted molar refractivity (Wildman–Crippen MR) is 68.3 cm³/mol. The van der Waals surface area contributed by atoms with E-state index < -0.39 is 11.7 Å². The Morgan fingerprint density at radius 1 is 1.47 bits per heavy atom. The van der Waals surface area contributed by atoms with Gasteiger partial charge in [0.15, 0.2) is 5.82 Å². The highest BCUT2D eigenvalue weighted by Crippen LogP contribution is 2.39. The molecule has 19 heavy (non-hydrogen) atoms. The topological polar surface area (TPSA) is 68.0 Å². The molecule has 1 amide bonds. The normalized spacial score (nSPS) is 14.4. The van der Waals surface area contributed by atoms with Crippen molar-refractivity contribution in [3.63, 3.8) is 0 Å². The average Bonchev–Trinajstić information content (AvgIpc) is 3.11. The van der Waals surface area contributed by atoms with Crippen LogP contribution in [0.3, 0.4) is 0 Å². The molecule has 0 aliphatic heterocycles. The van der Waals surface area contributed by atoms with Crippen LogP contribution < -0.4 is 5.32 Å². The molecule has 0 bridgehead atoms. The minimum absolute atomic E-state index is 0.0382. The molecule has 0 unspecified atom stereocenters. The second-order valence-corrected chi connectivity index (χ2v) is 5.14. The molecule has 98 valence electrons. The molecular formula is C12H9BrFN3O2. The Hall–Kier alpha value is -1.76. The summed E-state index contributed by atoms with van der Waals surface area (Å²) in [4.78, 5) is 15.6. The van der Waals surface area contributed by atoms with Gasteiger partial charge in [-0.25, -0.2) is 9.37 Å². The van der Waals surface area contributed by atoms with E-state index in [-0.39, 0.29) is 11.4 Å². The first-order valence-corrected chi connectivity index (χ1v) is 6.52. The van der Waals surface area contributed by atoms with E-state index in [4.69, 9.17) is 4.52 Å². The lowest BCUT2D eigenvalue weighted by Crippen LogP contribution is -2.12. The van der Waals surface area contributed by atoms with E-state index in [0.717, 1.165) is 24.7 Å². The largest absolute Gasteiger partial charge is 0.351 e. The van der Waals surface area contributed by atoms with Gasteiger partial charge < -0.3 is 9.84 Å². The molecule has 0 saturated heterocycles. The third-order valence-electron chi connectivity index (χ3n) is 2.82. The van der Waals surface area contributed by atoms with E-state index in [1.165, 1.54) is 6.07 Å². The standard InChI is InChI=1S/C12H9BrFN3O2/c13-11-4-9(7(14)5-15-11)16-12(18)10-3-8(17-19-10)6-1-2-6/h3-6H,1-2H2,(H,15,16,18). The summed E-state index contributed by atoms with van der Waals surface area (Å²) >= 11 is 3.11. The maximum Gasteiger partial charge on any atom is 0.294 e. The van der Waals surface area contributed by atoms with Crippen molar-refractivity contribution in [1.29, 1.82) is 0 Å². The first-order valence-electron chi connectivity index (χ1n) is 5.72. The lowest BCUT2D eigenvalue weighted by atomic mass is 10.2. The van der Waals surface area contributed by atoms with Gasteiger partial charge in [0.2, 0.25) is 5.76 Å². The van der Waals surface area contributed by atoms with E-state index in [1.807, 2.05) is 0 Å². The number of rotatable bonds is 3. The zero-order chi connectivity index (χ0) is 13.4. The SMILES string of the molecule is O=C(Nc1cc(Br)ncc1F)c1cc(C2CC2)no1. The quantitative estimate of drug-likeness (QED) is 0.880. The van der Waals surface area contributed by atoms with Crippen LogP contribution in [0.25, 0.3) is 0 Å². The van der Waals surface area contributed by atoms with Crippen LogP contribution in [-0.4, -0.2) is 16.0 Å². The van der Waals surface area contributed by atoms with Gasteiger partial charge in [0.1, 0.15) is 4.60 Å². The van der Waals surface area contributed by atoms with E-state index >= 15 is 0 Å². The Labute approximate surface area is 116 Å². The third kappa shape index (κ3) is 2.65.